The Morgan fingerprint density at radius 3 is 2.67 bits per heavy atom. The molecule has 0 unspecified atom stereocenters. The minimum Gasteiger partial charge on any atom is -0.330 e. The maximum absolute atomic E-state index is 12.9. The second-order valence-electron chi connectivity index (χ2n) is 6.71. The van der Waals surface area contributed by atoms with Crippen molar-refractivity contribution in [3.8, 4) is 0 Å². The van der Waals surface area contributed by atoms with Gasteiger partial charge in [0.1, 0.15) is 0 Å². The van der Waals surface area contributed by atoms with Crippen LogP contribution in [0.2, 0.25) is 0 Å². The molecule has 0 spiro atoms. The molecular formula is C16H19F3N4O. The van der Waals surface area contributed by atoms with Gasteiger partial charge >= 0.3 is 6.18 Å². The van der Waals surface area contributed by atoms with Gasteiger partial charge in [-0.25, -0.2) is 0 Å². The lowest BCUT2D eigenvalue weighted by Gasteiger charge is -2.47. The molecule has 1 amide bonds. The number of alkyl halides is 3. The smallest absolute Gasteiger partial charge is 0.330 e. The first kappa shape index (κ1) is 16.8. The monoisotopic (exact) mass is 340 g/mol. The first-order valence-corrected chi connectivity index (χ1v) is 7.71. The number of hydrogen-bond acceptors (Lipinski definition) is 3. The molecule has 5 nitrogen and oxygen atoms in total. The zero-order valence-electron chi connectivity index (χ0n) is 13.5. The molecule has 8 heteroatoms. The number of aromatic amines is 1. The number of amides is 1. The van der Waals surface area contributed by atoms with Crippen molar-refractivity contribution >= 4 is 16.8 Å². The standard InChI is InChI=1S/C16H19F3N4O/c1-15(2)9-22(10-16(17,18)19)7-8-23(15)14(24)13-11-5-3-4-6-12(11)20-21-13/h3-6H,7-10H2,1-2H3,(H,20,21). The van der Waals surface area contributed by atoms with Crippen molar-refractivity contribution in [1.29, 1.82) is 0 Å². The van der Waals surface area contributed by atoms with Crippen molar-refractivity contribution in [3.63, 3.8) is 0 Å². The highest BCUT2D eigenvalue weighted by Crippen LogP contribution is 2.27. The highest BCUT2D eigenvalue weighted by molar-refractivity contribution is 6.04. The molecule has 130 valence electrons. The highest BCUT2D eigenvalue weighted by atomic mass is 19.4. The molecular weight excluding hydrogens is 321 g/mol. The van der Waals surface area contributed by atoms with E-state index in [0.29, 0.717) is 5.69 Å². The molecule has 1 fully saturated rings. The molecule has 1 N–H and O–H groups in total. The Morgan fingerprint density at radius 1 is 1.29 bits per heavy atom. The molecule has 0 aliphatic carbocycles. The Kier molecular flexibility index (Phi) is 4.03. The van der Waals surface area contributed by atoms with Gasteiger partial charge in [-0.3, -0.25) is 14.8 Å². The number of piperazine rings is 1. The molecule has 0 bridgehead atoms. The average molecular weight is 340 g/mol. The summed E-state index contributed by atoms with van der Waals surface area (Å²) in [5, 5.41) is 7.64. The third-order valence-electron chi connectivity index (χ3n) is 4.30. The number of carbonyl (C=O) groups is 1. The lowest BCUT2D eigenvalue weighted by atomic mass is 9.97. The molecule has 1 saturated heterocycles. The fourth-order valence-corrected chi connectivity index (χ4v) is 3.27. The van der Waals surface area contributed by atoms with E-state index >= 15 is 0 Å². The van der Waals surface area contributed by atoms with Crippen molar-refractivity contribution in [2.75, 3.05) is 26.2 Å². The molecule has 0 atom stereocenters. The summed E-state index contributed by atoms with van der Waals surface area (Å²) < 4.78 is 37.8. The van der Waals surface area contributed by atoms with E-state index in [1.165, 1.54) is 4.90 Å². The van der Waals surface area contributed by atoms with Crippen LogP contribution in [0.5, 0.6) is 0 Å². The van der Waals surface area contributed by atoms with Gasteiger partial charge in [-0.1, -0.05) is 18.2 Å². The number of hydrogen-bond donors (Lipinski definition) is 1. The van der Waals surface area contributed by atoms with E-state index in [2.05, 4.69) is 10.2 Å². The molecule has 1 aliphatic heterocycles. The number of rotatable bonds is 2. The number of nitrogens with zero attached hydrogens (tertiary/aromatic N) is 3. The first-order valence-electron chi connectivity index (χ1n) is 7.71. The number of halogens is 3. The zero-order valence-corrected chi connectivity index (χ0v) is 13.5. The Bertz CT molecular complexity index is 753. The maximum Gasteiger partial charge on any atom is 0.401 e. The minimum atomic E-state index is -4.24. The molecule has 24 heavy (non-hydrogen) atoms. The quantitative estimate of drug-likeness (QED) is 0.914. The van der Waals surface area contributed by atoms with Gasteiger partial charge in [0, 0.05) is 25.0 Å². The summed E-state index contributed by atoms with van der Waals surface area (Å²) in [6, 6.07) is 7.29. The summed E-state index contributed by atoms with van der Waals surface area (Å²) in [7, 11) is 0. The Labute approximate surface area is 137 Å². The van der Waals surface area contributed by atoms with Crippen LogP contribution in [0.3, 0.4) is 0 Å². The van der Waals surface area contributed by atoms with Gasteiger partial charge in [0.15, 0.2) is 5.69 Å². The fraction of sp³-hybridized carbons (Fsp3) is 0.500. The van der Waals surface area contributed by atoms with Crippen LogP contribution >= 0.6 is 0 Å². The van der Waals surface area contributed by atoms with Crippen molar-refractivity contribution in [1.82, 2.24) is 20.0 Å². The second kappa shape index (κ2) is 5.77. The van der Waals surface area contributed by atoms with Crippen LogP contribution < -0.4 is 0 Å². The average Bonchev–Trinajstić information content (AvgIpc) is 2.88. The van der Waals surface area contributed by atoms with E-state index in [1.807, 2.05) is 18.2 Å². The van der Waals surface area contributed by atoms with Crippen LogP contribution in [0.25, 0.3) is 10.9 Å². The van der Waals surface area contributed by atoms with Gasteiger partial charge in [-0.15, -0.1) is 0 Å². The largest absolute Gasteiger partial charge is 0.401 e. The third kappa shape index (κ3) is 3.24. The van der Waals surface area contributed by atoms with E-state index in [1.54, 1.807) is 24.8 Å². The Morgan fingerprint density at radius 2 is 2.00 bits per heavy atom. The van der Waals surface area contributed by atoms with Crippen LogP contribution in [0.4, 0.5) is 13.2 Å². The van der Waals surface area contributed by atoms with E-state index in [4.69, 9.17) is 0 Å². The zero-order chi connectivity index (χ0) is 17.5. The molecule has 1 aromatic heterocycles. The summed E-state index contributed by atoms with van der Waals surface area (Å²) >= 11 is 0. The maximum atomic E-state index is 12.9. The predicted octanol–water partition coefficient (Wildman–Crippen LogP) is 2.66. The van der Waals surface area contributed by atoms with E-state index in [9.17, 15) is 18.0 Å². The summed E-state index contributed by atoms with van der Waals surface area (Å²) in [6.07, 6.45) is -4.24. The molecule has 2 heterocycles. The molecule has 3 rings (SSSR count). The van der Waals surface area contributed by atoms with Crippen LogP contribution in [-0.4, -0.2) is 63.8 Å². The first-order chi connectivity index (χ1) is 11.2. The molecule has 0 saturated carbocycles. The van der Waals surface area contributed by atoms with Gasteiger partial charge in [0.2, 0.25) is 0 Å². The van der Waals surface area contributed by atoms with Crippen LogP contribution in [0.15, 0.2) is 24.3 Å². The highest BCUT2D eigenvalue weighted by Gasteiger charge is 2.41. The van der Waals surface area contributed by atoms with Crippen molar-refractivity contribution in [2.24, 2.45) is 0 Å². The molecule has 1 aliphatic rings. The number of para-hydroxylation sites is 1. The van der Waals surface area contributed by atoms with Gasteiger partial charge in [0.05, 0.1) is 17.6 Å². The molecule has 0 radical (unpaired) electrons. The van der Waals surface area contributed by atoms with Crippen LogP contribution in [-0.2, 0) is 0 Å². The lowest BCUT2D eigenvalue weighted by Crippen LogP contribution is -2.62. The van der Waals surface area contributed by atoms with Gasteiger partial charge in [0.25, 0.3) is 5.91 Å². The van der Waals surface area contributed by atoms with Gasteiger partial charge in [-0.05, 0) is 19.9 Å². The van der Waals surface area contributed by atoms with E-state index < -0.39 is 18.3 Å². The van der Waals surface area contributed by atoms with Gasteiger partial charge < -0.3 is 4.90 Å². The normalized spacial score (nSPS) is 19.0. The molecule has 1 aromatic carbocycles. The van der Waals surface area contributed by atoms with E-state index in [0.717, 1.165) is 10.9 Å². The Hall–Kier alpha value is -2.09. The minimum absolute atomic E-state index is 0.167. The number of aromatic nitrogens is 2. The number of H-pyrrole nitrogens is 1. The molecule has 2 aromatic rings. The summed E-state index contributed by atoms with van der Waals surface area (Å²) in [6.45, 7) is 3.20. The SMILES string of the molecule is CC1(C)CN(CC(F)(F)F)CCN1C(=O)c1n[nH]c2ccccc12. The van der Waals surface area contributed by atoms with Crippen molar-refractivity contribution in [3.05, 3.63) is 30.0 Å². The van der Waals surface area contributed by atoms with Crippen molar-refractivity contribution < 1.29 is 18.0 Å². The second-order valence-corrected chi connectivity index (χ2v) is 6.71. The summed E-state index contributed by atoms with van der Waals surface area (Å²) in [4.78, 5) is 15.8. The van der Waals surface area contributed by atoms with Crippen LogP contribution in [0.1, 0.15) is 24.3 Å². The number of nitrogens with one attached hydrogen (secondary N) is 1. The topological polar surface area (TPSA) is 52.2 Å². The summed E-state index contributed by atoms with van der Waals surface area (Å²) in [5.74, 6) is -0.260. The predicted molar refractivity (Wildman–Crippen MR) is 83.7 cm³/mol. The van der Waals surface area contributed by atoms with Crippen molar-refractivity contribution in [2.45, 2.75) is 25.6 Å². The Balaban J connectivity index is 1.81. The number of benzene rings is 1. The summed E-state index contributed by atoms with van der Waals surface area (Å²) in [5.41, 5.74) is 0.359. The van der Waals surface area contributed by atoms with Crippen LogP contribution in [0, 0.1) is 0 Å². The lowest BCUT2D eigenvalue weighted by molar-refractivity contribution is -0.153. The fourth-order valence-electron chi connectivity index (χ4n) is 3.27. The third-order valence-corrected chi connectivity index (χ3v) is 4.30. The number of fused-ring (bicyclic) bond motifs is 1. The number of carbonyl (C=O) groups excluding carboxylic acids is 1. The van der Waals surface area contributed by atoms with E-state index in [-0.39, 0.29) is 25.5 Å². The van der Waals surface area contributed by atoms with Gasteiger partial charge in [-0.2, -0.15) is 18.3 Å².